The van der Waals surface area contributed by atoms with Crippen LogP contribution in [0, 0.1) is 5.92 Å². The molecule has 1 aliphatic carbocycles. The Kier molecular flexibility index (Phi) is 9.74. The molecule has 1 fully saturated rings. The van der Waals surface area contributed by atoms with Gasteiger partial charge in [0, 0.05) is 0 Å². The van der Waals surface area contributed by atoms with Gasteiger partial charge in [-0.15, -0.1) is 0 Å². The summed E-state index contributed by atoms with van der Waals surface area (Å²) in [6.07, 6.45) is 4.11. The number of rotatable bonds is 3. The van der Waals surface area contributed by atoms with Crippen molar-refractivity contribution in [3.63, 3.8) is 0 Å². The topological polar surface area (TPSA) is 55.8 Å². The lowest BCUT2D eigenvalue weighted by molar-refractivity contribution is -0.0122. The first-order valence-electron chi connectivity index (χ1n) is 7.01. The summed E-state index contributed by atoms with van der Waals surface area (Å²) >= 11 is 0. The van der Waals surface area contributed by atoms with Crippen LogP contribution in [-0.4, -0.2) is 30.1 Å². The Balaban J connectivity index is 0.000000873. The minimum atomic E-state index is -0.657. The van der Waals surface area contributed by atoms with Crippen LogP contribution in [0.4, 0.5) is 4.79 Å². The van der Waals surface area contributed by atoms with E-state index in [-0.39, 0.29) is 12.7 Å². The van der Waals surface area contributed by atoms with Crippen molar-refractivity contribution >= 4 is 6.16 Å². The van der Waals surface area contributed by atoms with E-state index in [9.17, 15) is 4.79 Å². The predicted molar refractivity (Wildman–Crippen MR) is 71.5 cm³/mol. The Hall–Kier alpha value is -0.770. The van der Waals surface area contributed by atoms with E-state index < -0.39 is 12.3 Å². The summed E-state index contributed by atoms with van der Waals surface area (Å²) in [5.41, 5.74) is 0. The van der Waals surface area contributed by atoms with Crippen molar-refractivity contribution in [2.75, 3.05) is 6.61 Å². The molecule has 0 radical (unpaired) electrons. The minimum Gasteiger partial charge on any atom is -0.432 e. The van der Waals surface area contributed by atoms with Crippen LogP contribution in [0.25, 0.3) is 0 Å². The molecule has 0 amide bonds. The van der Waals surface area contributed by atoms with E-state index in [1.54, 1.807) is 6.92 Å². The van der Waals surface area contributed by atoms with Crippen LogP contribution in [0.5, 0.6) is 0 Å². The van der Waals surface area contributed by atoms with Gasteiger partial charge in [0.25, 0.3) is 0 Å². The molecular formula is C14H28O4. The van der Waals surface area contributed by atoms with E-state index in [2.05, 4.69) is 20.8 Å². The molecular weight excluding hydrogens is 232 g/mol. The number of aliphatic hydroxyl groups is 1. The van der Waals surface area contributed by atoms with Gasteiger partial charge in [-0.05, 0) is 32.1 Å². The van der Waals surface area contributed by atoms with Crippen LogP contribution in [-0.2, 0) is 9.47 Å². The normalized spacial score (nSPS) is 24.5. The van der Waals surface area contributed by atoms with E-state index in [4.69, 9.17) is 14.6 Å². The number of hydrogen-bond donors (Lipinski definition) is 1. The van der Waals surface area contributed by atoms with Crippen LogP contribution >= 0.6 is 0 Å². The summed E-state index contributed by atoms with van der Waals surface area (Å²) in [7, 11) is 0. The second kappa shape index (κ2) is 10.2. The van der Waals surface area contributed by atoms with Crippen LogP contribution in [0.15, 0.2) is 0 Å². The highest BCUT2D eigenvalue weighted by Gasteiger charge is 2.22. The zero-order valence-corrected chi connectivity index (χ0v) is 12.1. The molecule has 0 heterocycles. The van der Waals surface area contributed by atoms with Crippen molar-refractivity contribution in [2.24, 2.45) is 5.92 Å². The fourth-order valence-electron chi connectivity index (χ4n) is 1.84. The van der Waals surface area contributed by atoms with Crippen molar-refractivity contribution in [1.82, 2.24) is 0 Å². The molecule has 1 rings (SSSR count). The molecule has 0 aliphatic heterocycles. The number of carbonyl (C=O) groups excluding carboxylic acids is 1. The maximum Gasteiger partial charge on any atom is 0.508 e. The fraction of sp³-hybridized carbons (Fsp3) is 0.929. The molecule has 4 heteroatoms. The Bertz CT molecular complexity index is 216. The molecule has 108 valence electrons. The van der Waals surface area contributed by atoms with E-state index in [0.717, 1.165) is 19.3 Å². The SMILES string of the molecule is CC(O)COC(=O)OC1CCCC(C)C1.CCC. The molecule has 0 aromatic rings. The van der Waals surface area contributed by atoms with Gasteiger partial charge in [-0.1, -0.05) is 33.6 Å². The monoisotopic (exact) mass is 260 g/mol. The molecule has 1 aliphatic rings. The molecule has 0 aromatic heterocycles. The van der Waals surface area contributed by atoms with Gasteiger partial charge in [-0.25, -0.2) is 4.79 Å². The third-order valence-electron chi connectivity index (χ3n) is 2.59. The average Bonchev–Trinajstić information content (AvgIpc) is 2.27. The second-order valence-electron chi connectivity index (χ2n) is 5.13. The van der Waals surface area contributed by atoms with Gasteiger partial charge in [0.05, 0.1) is 6.10 Å². The summed E-state index contributed by atoms with van der Waals surface area (Å²) in [6.45, 7) is 7.98. The van der Waals surface area contributed by atoms with E-state index >= 15 is 0 Å². The third kappa shape index (κ3) is 9.28. The summed E-state index contributed by atoms with van der Waals surface area (Å²) in [4.78, 5) is 11.2. The predicted octanol–water partition coefficient (Wildman–Crippen LogP) is 3.52. The molecule has 18 heavy (non-hydrogen) atoms. The van der Waals surface area contributed by atoms with Gasteiger partial charge in [-0.3, -0.25) is 0 Å². The first-order valence-corrected chi connectivity index (χ1v) is 7.01. The highest BCUT2D eigenvalue weighted by atomic mass is 16.7. The van der Waals surface area contributed by atoms with Crippen molar-refractivity contribution in [3.8, 4) is 0 Å². The Morgan fingerprint density at radius 1 is 1.39 bits per heavy atom. The van der Waals surface area contributed by atoms with Crippen molar-refractivity contribution in [1.29, 1.82) is 0 Å². The summed E-state index contributed by atoms with van der Waals surface area (Å²) < 4.78 is 9.87. The zero-order valence-electron chi connectivity index (χ0n) is 12.1. The molecule has 3 unspecified atom stereocenters. The largest absolute Gasteiger partial charge is 0.508 e. The molecule has 1 N–H and O–H groups in total. The lowest BCUT2D eigenvalue weighted by Crippen LogP contribution is -2.26. The summed E-state index contributed by atoms with van der Waals surface area (Å²) in [6, 6.07) is 0. The first kappa shape index (κ1) is 17.2. The van der Waals surface area contributed by atoms with E-state index in [1.807, 2.05) is 0 Å². The van der Waals surface area contributed by atoms with Gasteiger partial charge in [0.1, 0.15) is 12.7 Å². The standard InChI is InChI=1S/C11H20O4.C3H8/c1-8-4-3-5-10(6-8)15-11(13)14-7-9(2)12;1-3-2/h8-10,12H,3-7H2,1-2H3;3H2,1-2H3. The lowest BCUT2D eigenvalue weighted by atomic mass is 9.89. The lowest BCUT2D eigenvalue weighted by Gasteiger charge is -2.26. The summed E-state index contributed by atoms with van der Waals surface area (Å²) in [5, 5.41) is 8.92. The van der Waals surface area contributed by atoms with Gasteiger partial charge in [0.15, 0.2) is 0 Å². The fourth-order valence-corrected chi connectivity index (χ4v) is 1.84. The molecule has 0 bridgehead atoms. The smallest absolute Gasteiger partial charge is 0.432 e. The second-order valence-corrected chi connectivity index (χ2v) is 5.13. The summed E-state index contributed by atoms with van der Waals surface area (Å²) in [5.74, 6) is 0.619. The molecule has 1 saturated carbocycles. The maximum absolute atomic E-state index is 11.2. The average molecular weight is 260 g/mol. The van der Waals surface area contributed by atoms with Crippen LogP contribution in [0.3, 0.4) is 0 Å². The first-order chi connectivity index (χ1) is 8.49. The number of ether oxygens (including phenoxy) is 2. The highest BCUT2D eigenvalue weighted by molar-refractivity contribution is 5.60. The molecule has 0 spiro atoms. The van der Waals surface area contributed by atoms with Gasteiger partial charge in [-0.2, -0.15) is 0 Å². The van der Waals surface area contributed by atoms with Gasteiger partial charge < -0.3 is 14.6 Å². The maximum atomic E-state index is 11.2. The van der Waals surface area contributed by atoms with Crippen LogP contribution < -0.4 is 0 Å². The van der Waals surface area contributed by atoms with Gasteiger partial charge in [0.2, 0.25) is 0 Å². The molecule has 0 aromatic carbocycles. The Morgan fingerprint density at radius 2 is 2.00 bits per heavy atom. The number of hydrogen-bond acceptors (Lipinski definition) is 4. The van der Waals surface area contributed by atoms with Crippen molar-refractivity contribution in [2.45, 2.75) is 72.0 Å². The Morgan fingerprint density at radius 3 is 2.50 bits per heavy atom. The van der Waals surface area contributed by atoms with Crippen LogP contribution in [0.2, 0.25) is 0 Å². The van der Waals surface area contributed by atoms with E-state index in [1.165, 1.54) is 12.8 Å². The molecule has 0 saturated heterocycles. The number of carbonyl (C=O) groups is 1. The Labute approximate surface area is 111 Å². The third-order valence-corrected chi connectivity index (χ3v) is 2.59. The zero-order chi connectivity index (χ0) is 14.0. The molecule has 4 nitrogen and oxygen atoms in total. The molecule has 3 atom stereocenters. The van der Waals surface area contributed by atoms with E-state index in [0.29, 0.717) is 5.92 Å². The quantitative estimate of drug-likeness (QED) is 0.789. The van der Waals surface area contributed by atoms with Crippen LogP contribution in [0.1, 0.15) is 59.8 Å². The van der Waals surface area contributed by atoms with Gasteiger partial charge >= 0.3 is 6.16 Å². The number of aliphatic hydroxyl groups excluding tert-OH is 1. The minimum absolute atomic E-state index is 0.00110. The highest BCUT2D eigenvalue weighted by Crippen LogP contribution is 2.25. The van der Waals surface area contributed by atoms with Crippen molar-refractivity contribution in [3.05, 3.63) is 0 Å². The van der Waals surface area contributed by atoms with Crippen molar-refractivity contribution < 1.29 is 19.4 Å².